The minimum Gasteiger partial charge on any atom is -0.396 e. The molecular weight excluding hydrogens is 192 g/mol. The molecule has 0 saturated heterocycles. The number of nitrogen functional groups attached to an aromatic ring is 1. The Morgan fingerprint density at radius 1 is 1.13 bits per heavy atom. The normalized spacial score (nSPS) is 10.2. The van der Waals surface area contributed by atoms with Gasteiger partial charge in [0.25, 0.3) is 0 Å². The van der Waals surface area contributed by atoms with Gasteiger partial charge in [0.1, 0.15) is 0 Å². The number of rotatable bonds is 7. The van der Waals surface area contributed by atoms with Gasteiger partial charge in [0.2, 0.25) is 5.95 Å². The van der Waals surface area contributed by atoms with Crippen LogP contribution in [0.2, 0.25) is 0 Å². The molecule has 5 nitrogen and oxygen atoms in total. The molecule has 0 aliphatic carbocycles. The summed E-state index contributed by atoms with van der Waals surface area (Å²) in [5, 5.41) is 11.7. The van der Waals surface area contributed by atoms with Crippen LogP contribution in [0.4, 0.5) is 11.6 Å². The van der Waals surface area contributed by atoms with E-state index in [0.29, 0.717) is 11.6 Å². The van der Waals surface area contributed by atoms with Crippen LogP contribution in [-0.4, -0.2) is 28.2 Å². The lowest BCUT2D eigenvalue weighted by Crippen LogP contribution is -2.05. The van der Waals surface area contributed by atoms with Crippen molar-refractivity contribution in [3.8, 4) is 0 Å². The van der Waals surface area contributed by atoms with Crippen molar-refractivity contribution in [1.82, 2.24) is 9.97 Å². The standard InChI is InChI=1S/C10H18N4O/c11-9-7-13-10(14-8-9)12-5-3-1-2-4-6-15/h7-8,15H,1-6,11H2,(H,12,13,14). The highest BCUT2D eigenvalue weighted by Gasteiger charge is 1.94. The molecule has 1 rings (SSSR count). The third-order valence-electron chi connectivity index (χ3n) is 2.04. The van der Waals surface area contributed by atoms with E-state index in [1.807, 2.05) is 0 Å². The van der Waals surface area contributed by atoms with Gasteiger partial charge >= 0.3 is 0 Å². The molecule has 1 aromatic rings. The van der Waals surface area contributed by atoms with Gasteiger partial charge in [0.05, 0.1) is 18.1 Å². The Morgan fingerprint density at radius 3 is 2.47 bits per heavy atom. The fraction of sp³-hybridized carbons (Fsp3) is 0.600. The fourth-order valence-corrected chi connectivity index (χ4v) is 1.22. The Morgan fingerprint density at radius 2 is 1.80 bits per heavy atom. The van der Waals surface area contributed by atoms with Crippen molar-refractivity contribution in [2.24, 2.45) is 0 Å². The second kappa shape index (κ2) is 7.00. The maximum Gasteiger partial charge on any atom is 0.222 e. The second-order valence-corrected chi connectivity index (χ2v) is 3.40. The number of hydrogen-bond donors (Lipinski definition) is 3. The fourth-order valence-electron chi connectivity index (χ4n) is 1.22. The van der Waals surface area contributed by atoms with Crippen LogP contribution in [0.3, 0.4) is 0 Å². The molecule has 5 heteroatoms. The maximum absolute atomic E-state index is 8.58. The zero-order valence-electron chi connectivity index (χ0n) is 8.82. The second-order valence-electron chi connectivity index (χ2n) is 3.40. The number of nitrogens with two attached hydrogens (primary N) is 1. The quantitative estimate of drug-likeness (QED) is 0.585. The van der Waals surface area contributed by atoms with E-state index in [2.05, 4.69) is 15.3 Å². The highest BCUT2D eigenvalue weighted by atomic mass is 16.2. The number of unbranched alkanes of at least 4 members (excludes halogenated alkanes) is 3. The van der Waals surface area contributed by atoms with Gasteiger partial charge in [-0.1, -0.05) is 12.8 Å². The molecule has 0 aliphatic rings. The molecule has 0 fully saturated rings. The summed E-state index contributed by atoms with van der Waals surface area (Å²) in [5.41, 5.74) is 6.03. The van der Waals surface area contributed by atoms with Gasteiger partial charge in [-0.2, -0.15) is 0 Å². The predicted octanol–water partition coefficient (Wildman–Crippen LogP) is 1.02. The van der Waals surface area contributed by atoms with Crippen molar-refractivity contribution in [1.29, 1.82) is 0 Å². The molecule has 0 aliphatic heterocycles. The van der Waals surface area contributed by atoms with Crippen molar-refractivity contribution in [2.75, 3.05) is 24.2 Å². The van der Waals surface area contributed by atoms with Gasteiger partial charge in [-0.25, -0.2) is 9.97 Å². The topological polar surface area (TPSA) is 84.1 Å². The zero-order chi connectivity index (χ0) is 10.9. The minimum absolute atomic E-state index is 0.286. The summed E-state index contributed by atoms with van der Waals surface area (Å²) < 4.78 is 0. The SMILES string of the molecule is Nc1cnc(NCCCCCCO)nc1. The van der Waals surface area contributed by atoms with E-state index in [9.17, 15) is 0 Å². The number of anilines is 2. The molecule has 4 N–H and O–H groups in total. The summed E-state index contributed by atoms with van der Waals surface area (Å²) in [5.74, 6) is 0.617. The molecule has 0 atom stereocenters. The monoisotopic (exact) mass is 210 g/mol. The Kier molecular flexibility index (Phi) is 5.47. The number of aromatic nitrogens is 2. The van der Waals surface area contributed by atoms with Crippen molar-refractivity contribution >= 4 is 11.6 Å². The summed E-state index contributed by atoms with van der Waals surface area (Å²) in [6, 6.07) is 0. The lowest BCUT2D eigenvalue weighted by atomic mass is 10.2. The van der Waals surface area contributed by atoms with Crippen LogP contribution in [0, 0.1) is 0 Å². The molecule has 84 valence electrons. The van der Waals surface area contributed by atoms with Crippen molar-refractivity contribution in [3.05, 3.63) is 12.4 Å². The Balaban J connectivity index is 2.07. The van der Waals surface area contributed by atoms with E-state index < -0.39 is 0 Å². The van der Waals surface area contributed by atoms with Crippen LogP contribution in [0.25, 0.3) is 0 Å². The average Bonchev–Trinajstić information content (AvgIpc) is 2.26. The first-order valence-electron chi connectivity index (χ1n) is 5.25. The number of nitrogens with zero attached hydrogens (tertiary/aromatic N) is 2. The van der Waals surface area contributed by atoms with E-state index in [-0.39, 0.29) is 6.61 Å². The van der Waals surface area contributed by atoms with Crippen LogP contribution in [0.1, 0.15) is 25.7 Å². The Bertz CT molecular complexity index is 263. The van der Waals surface area contributed by atoms with E-state index in [4.69, 9.17) is 10.8 Å². The summed E-state index contributed by atoms with van der Waals surface area (Å²) in [6.07, 6.45) is 7.30. The van der Waals surface area contributed by atoms with Gasteiger partial charge in [0.15, 0.2) is 0 Å². The minimum atomic E-state index is 0.286. The molecule has 1 aromatic heterocycles. The first kappa shape index (κ1) is 11.7. The van der Waals surface area contributed by atoms with Crippen LogP contribution in [-0.2, 0) is 0 Å². The van der Waals surface area contributed by atoms with E-state index in [0.717, 1.165) is 32.2 Å². The molecule has 0 radical (unpaired) electrons. The summed E-state index contributed by atoms with van der Waals surface area (Å²) in [7, 11) is 0. The first-order chi connectivity index (χ1) is 7.33. The Labute approximate surface area is 89.7 Å². The van der Waals surface area contributed by atoms with E-state index >= 15 is 0 Å². The highest BCUT2D eigenvalue weighted by Crippen LogP contribution is 2.02. The summed E-state index contributed by atoms with van der Waals surface area (Å²) >= 11 is 0. The molecule has 0 amide bonds. The van der Waals surface area contributed by atoms with Crippen molar-refractivity contribution < 1.29 is 5.11 Å². The van der Waals surface area contributed by atoms with Crippen molar-refractivity contribution in [2.45, 2.75) is 25.7 Å². The molecule has 1 heterocycles. The smallest absolute Gasteiger partial charge is 0.222 e. The van der Waals surface area contributed by atoms with Crippen LogP contribution >= 0.6 is 0 Å². The lowest BCUT2D eigenvalue weighted by Gasteiger charge is -2.03. The molecule has 0 bridgehead atoms. The number of aliphatic hydroxyl groups is 1. The molecule has 0 saturated carbocycles. The van der Waals surface area contributed by atoms with Gasteiger partial charge < -0.3 is 16.2 Å². The zero-order valence-corrected chi connectivity index (χ0v) is 8.82. The largest absolute Gasteiger partial charge is 0.396 e. The first-order valence-corrected chi connectivity index (χ1v) is 5.25. The molecule has 15 heavy (non-hydrogen) atoms. The average molecular weight is 210 g/mol. The van der Waals surface area contributed by atoms with E-state index in [1.165, 1.54) is 0 Å². The van der Waals surface area contributed by atoms with Gasteiger partial charge in [0, 0.05) is 13.2 Å². The number of nitrogens with one attached hydrogen (secondary N) is 1. The third kappa shape index (κ3) is 5.17. The van der Waals surface area contributed by atoms with Crippen molar-refractivity contribution in [3.63, 3.8) is 0 Å². The molecule has 0 spiro atoms. The lowest BCUT2D eigenvalue weighted by molar-refractivity contribution is 0.283. The molecule has 0 unspecified atom stereocenters. The maximum atomic E-state index is 8.58. The number of hydrogen-bond acceptors (Lipinski definition) is 5. The van der Waals surface area contributed by atoms with Gasteiger partial charge in [-0.05, 0) is 12.8 Å². The Hall–Kier alpha value is -1.36. The van der Waals surface area contributed by atoms with Crippen LogP contribution in [0.15, 0.2) is 12.4 Å². The number of aliphatic hydroxyl groups excluding tert-OH is 1. The summed E-state index contributed by atoms with van der Waals surface area (Å²) in [4.78, 5) is 8.05. The van der Waals surface area contributed by atoms with Crippen LogP contribution in [0.5, 0.6) is 0 Å². The van der Waals surface area contributed by atoms with Crippen LogP contribution < -0.4 is 11.1 Å². The highest BCUT2D eigenvalue weighted by molar-refractivity contribution is 5.35. The van der Waals surface area contributed by atoms with E-state index in [1.54, 1.807) is 12.4 Å². The van der Waals surface area contributed by atoms with Gasteiger partial charge in [-0.15, -0.1) is 0 Å². The summed E-state index contributed by atoms with van der Waals surface area (Å²) in [6.45, 7) is 1.14. The molecule has 0 aromatic carbocycles. The molecular formula is C10H18N4O. The third-order valence-corrected chi connectivity index (χ3v) is 2.04. The predicted molar refractivity (Wildman–Crippen MR) is 60.5 cm³/mol. The van der Waals surface area contributed by atoms with Gasteiger partial charge in [-0.3, -0.25) is 0 Å².